The summed E-state index contributed by atoms with van der Waals surface area (Å²) in [7, 11) is 3.93. The van der Waals surface area contributed by atoms with E-state index in [2.05, 4.69) is 21.8 Å². The van der Waals surface area contributed by atoms with Crippen LogP contribution in [0.3, 0.4) is 0 Å². The summed E-state index contributed by atoms with van der Waals surface area (Å²) >= 11 is 0. The van der Waals surface area contributed by atoms with Crippen LogP contribution in [-0.4, -0.2) is 42.7 Å². The average molecular weight is 263 g/mol. The van der Waals surface area contributed by atoms with Gasteiger partial charge in [-0.05, 0) is 38.7 Å². The van der Waals surface area contributed by atoms with Gasteiger partial charge in [0, 0.05) is 38.9 Å². The number of rotatable bonds is 4. The molecule has 1 saturated carbocycles. The van der Waals surface area contributed by atoms with E-state index in [0.717, 1.165) is 44.0 Å². The Labute approximate surface area is 115 Å². The molecule has 0 radical (unpaired) electrons. The van der Waals surface area contributed by atoms with Crippen molar-refractivity contribution in [3.63, 3.8) is 0 Å². The summed E-state index contributed by atoms with van der Waals surface area (Å²) in [5.74, 6) is 1.80. The van der Waals surface area contributed by atoms with E-state index in [-0.39, 0.29) is 0 Å². The van der Waals surface area contributed by atoms with Gasteiger partial charge in [-0.25, -0.2) is 4.98 Å². The van der Waals surface area contributed by atoms with Crippen molar-refractivity contribution >= 4 is 11.8 Å². The van der Waals surface area contributed by atoms with Crippen LogP contribution < -0.4 is 15.5 Å². The number of hydrogen-bond acceptors (Lipinski definition) is 5. The van der Waals surface area contributed by atoms with Crippen LogP contribution in [0.4, 0.5) is 11.8 Å². The lowest BCUT2D eigenvalue weighted by atomic mass is 9.91. The first-order valence-electron chi connectivity index (χ1n) is 7.14. The number of nitrogens with two attached hydrogens (primary N) is 1. The minimum absolute atomic E-state index is 0.387. The molecule has 1 heterocycles. The van der Waals surface area contributed by atoms with E-state index in [9.17, 15) is 0 Å². The Hall–Kier alpha value is -1.36. The fraction of sp³-hybridized carbons (Fsp3) is 0.714. The molecule has 5 nitrogen and oxygen atoms in total. The van der Waals surface area contributed by atoms with Crippen LogP contribution in [0, 0.1) is 0 Å². The van der Waals surface area contributed by atoms with Crippen molar-refractivity contribution in [2.24, 2.45) is 5.73 Å². The zero-order valence-corrected chi connectivity index (χ0v) is 12.2. The molecule has 0 bridgehead atoms. The number of anilines is 2. The van der Waals surface area contributed by atoms with Crippen molar-refractivity contribution in [3.05, 3.63) is 12.3 Å². The van der Waals surface area contributed by atoms with Crippen LogP contribution >= 0.6 is 0 Å². The monoisotopic (exact) mass is 263 g/mol. The first-order valence-corrected chi connectivity index (χ1v) is 7.14. The molecule has 1 aliphatic rings. The van der Waals surface area contributed by atoms with Crippen LogP contribution in [0.2, 0.25) is 0 Å². The molecule has 106 valence electrons. The zero-order valence-electron chi connectivity index (χ0n) is 12.2. The van der Waals surface area contributed by atoms with E-state index in [1.807, 2.05) is 31.3 Å². The molecule has 0 unspecified atom stereocenters. The Morgan fingerprint density at radius 1 is 1.26 bits per heavy atom. The molecule has 0 aliphatic heterocycles. The Bertz CT molecular complexity index is 399. The molecular weight excluding hydrogens is 238 g/mol. The molecule has 2 N–H and O–H groups in total. The number of aromatic nitrogens is 2. The molecule has 0 spiro atoms. The lowest BCUT2D eigenvalue weighted by Crippen LogP contribution is -2.41. The zero-order chi connectivity index (χ0) is 13.8. The van der Waals surface area contributed by atoms with Crippen molar-refractivity contribution in [2.45, 2.75) is 44.7 Å². The highest BCUT2D eigenvalue weighted by Crippen LogP contribution is 2.26. The van der Waals surface area contributed by atoms with Crippen molar-refractivity contribution in [3.8, 4) is 0 Å². The molecular formula is C14H25N5. The lowest BCUT2D eigenvalue weighted by Gasteiger charge is -2.36. The molecule has 19 heavy (non-hydrogen) atoms. The van der Waals surface area contributed by atoms with Gasteiger partial charge in [0.25, 0.3) is 0 Å². The van der Waals surface area contributed by atoms with E-state index in [1.165, 1.54) is 0 Å². The Balaban J connectivity index is 2.15. The number of hydrogen-bond donors (Lipinski definition) is 1. The maximum atomic E-state index is 5.99. The van der Waals surface area contributed by atoms with E-state index >= 15 is 0 Å². The molecule has 1 aromatic rings. The minimum Gasteiger partial charge on any atom is -0.354 e. The third-order valence-electron chi connectivity index (χ3n) is 3.85. The van der Waals surface area contributed by atoms with Gasteiger partial charge in [-0.15, -0.1) is 0 Å². The number of nitrogens with zero attached hydrogens (tertiary/aromatic N) is 4. The molecule has 0 amide bonds. The van der Waals surface area contributed by atoms with Gasteiger partial charge in [0.15, 0.2) is 0 Å². The fourth-order valence-corrected chi connectivity index (χ4v) is 2.74. The molecule has 2 rings (SSSR count). The van der Waals surface area contributed by atoms with Crippen molar-refractivity contribution in [1.82, 2.24) is 9.97 Å². The maximum Gasteiger partial charge on any atom is 0.226 e. The summed E-state index contributed by atoms with van der Waals surface area (Å²) in [6.45, 7) is 3.16. The van der Waals surface area contributed by atoms with Gasteiger partial charge in [-0.1, -0.05) is 0 Å². The summed E-state index contributed by atoms with van der Waals surface area (Å²) in [6.07, 6.45) is 6.40. The van der Waals surface area contributed by atoms with Crippen LogP contribution in [0.5, 0.6) is 0 Å². The van der Waals surface area contributed by atoms with Crippen molar-refractivity contribution < 1.29 is 0 Å². The summed E-state index contributed by atoms with van der Waals surface area (Å²) in [5, 5.41) is 0. The van der Waals surface area contributed by atoms with Crippen molar-refractivity contribution in [2.75, 3.05) is 30.4 Å². The molecule has 0 saturated heterocycles. The van der Waals surface area contributed by atoms with Gasteiger partial charge in [-0.2, -0.15) is 4.98 Å². The van der Waals surface area contributed by atoms with E-state index in [4.69, 9.17) is 5.73 Å². The molecule has 0 atom stereocenters. The van der Waals surface area contributed by atoms with Crippen molar-refractivity contribution in [1.29, 1.82) is 0 Å². The Morgan fingerprint density at radius 2 is 1.95 bits per heavy atom. The molecule has 1 aliphatic carbocycles. The van der Waals surface area contributed by atoms with E-state index in [1.54, 1.807) is 0 Å². The van der Waals surface area contributed by atoms with Crippen LogP contribution in [0.15, 0.2) is 12.3 Å². The van der Waals surface area contributed by atoms with Gasteiger partial charge in [0.1, 0.15) is 5.82 Å². The van der Waals surface area contributed by atoms with Gasteiger partial charge in [-0.3, -0.25) is 0 Å². The van der Waals surface area contributed by atoms with Crippen LogP contribution in [0.1, 0.15) is 32.6 Å². The second kappa shape index (κ2) is 6.19. The fourth-order valence-electron chi connectivity index (χ4n) is 2.74. The lowest BCUT2D eigenvalue weighted by molar-refractivity contribution is 0.377. The van der Waals surface area contributed by atoms with Crippen LogP contribution in [-0.2, 0) is 0 Å². The largest absolute Gasteiger partial charge is 0.354 e. The smallest absolute Gasteiger partial charge is 0.226 e. The van der Waals surface area contributed by atoms with Crippen LogP contribution in [0.25, 0.3) is 0 Å². The predicted octanol–water partition coefficient (Wildman–Crippen LogP) is 1.64. The Kier molecular flexibility index (Phi) is 4.58. The molecule has 0 aromatic carbocycles. The predicted molar refractivity (Wildman–Crippen MR) is 79.6 cm³/mol. The second-order valence-electron chi connectivity index (χ2n) is 5.46. The first-order chi connectivity index (χ1) is 9.11. The summed E-state index contributed by atoms with van der Waals surface area (Å²) in [6, 6.07) is 2.96. The normalized spacial score (nSPS) is 23.2. The SMILES string of the molecule is CCN(c1ccnc(N(C)C)n1)C1CCC(N)CC1. The standard InChI is InChI=1S/C14H25N5/c1-4-19(12-7-5-11(15)6-8-12)13-9-10-16-14(17-13)18(2)3/h9-12H,4-8,15H2,1-3H3. The maximum absolute atomic E-state index is 5.99. The van der Waals surface area contributed by atoms with Gasteiger partial charge >= 0.3 is 0 Å². The third kappa shape index (κ3) is 3.35. The summed E-state index contributed by atoms with van der Waals surface area (Å²) in [5.41, 5.74) is 5.99. The van der Waals surface area contributed by atoms with Gasteiger partial charge < -0.3 is 15.5 Å². The molecule has 1 aromatic heterocycles. The highest BCUT2D eigenvalue weighted by molar-refractivity contribution is 5.44. The van der Waals surface area contributed by atoms with Gasteiger partial charge in [0.2, 0.25) is 5.95 Å². The second-order valence-corrected chi connectivity index (χ2v) is 5.46. The summed E-state index contributed by atoms with van der Waals surface area (Å²) in [4.78, 5) is 13.3. The highest BCUT2D eigenvalue weighted by atomic mass is 15.3. The molecule has 5 heteroatoms. The van der Waals surface area contributed by atoms with E-state index < -0.39 is 0 Å². The average Bonchev–Trinajstić information content (AvgIpc) is 2.42. The quantitative estimate of drug-likeness (QED) is 0.895. The molecule has 1 fully saturated rings. The first kappa shape index (κ1) is 14.1. The topological polar surface area (TPSA) is 58.3 Å². The van der Waals surface area contributed by atoms with Gasteiger partial charge in [0.05, 0.1) is 0 Å². The highest BCUT2D eigenvalue weighted by Gasteiger charge is 2.24. The minimum atomic E-state index is 0.387. The Morgan fingerprint density at radius 3 is 2.53 bits per heavy atom. The van der Waals surface area contributed by atoms with E-state index in [0.29, 0.717) is 12.1 Å². The third-order valence-corrected chi connectivity index (χ3v) is 3.85. The summed E-state index contributed by atoms with van der Waals surface area (Å²) < 4.78 is 0.